The van der Waals surface area contributed by atoms with E-state index in [9.17, 15) is 4.79 Å². The van der Waals surface area contributed by atoms with Crippen LogP contribution in [0.1, 0.15) is 29.5 Å². The Balaban J connectivity index is 1.78. The largest absolute Gasteiger partial charge is 0.312 e. The van der Waals surface area contributed by atoms with Crippen molar-refractivity contribution in [1.82, 2.24) is 9.78 Å². The highest BCUT2D eigenvalue weighted by molar-refractivity contribution is 6.31. The molecule has 0 saturated carbocycles. The van der Waals surface area contributed by atoms with Crippen molar-refractivity contribution in [2.24, 2.45) is 7.05 Å². The Labute approximate surface area is 135 Å². The van der Waals surface area contributed by atoms with Crippen molar-refractivity contribution in [3.8, 4) is 0 Å². The van der Waals surface area contributed by atoms with Gasteiger partial charge in [-0.3, -0.25) is 9.48 Å². The van der Waals surface area contributed by atoms with Crippen LogP contribution in [0, 0.1) is 6.92 Å². The number of anilines is 1. The van der Waals surface area contributed by atoms with Crippen molar-refractivity contribution in [3.63, 3.8) is 0 Å². The number of amides is 1. The second-order valence-corrected chi connectivity index (χ2v) is 6.26. The molecule has 0 unspecified atom stereocenters. The summed E-state index contributed by atoms with van der Waals surface area (Å²) < 4.78 is 1.76. The number of hydrogen-bond donors (Lipinski definition) is 0. The summed E-state index contributed by atoms with van der Waals surface area (Å²) in [6.07, 6.45) is 7.01. The van der Waals surface area contributed by atoms with Crippen LogP contribution >= 0.6 is 11.6 Å². The number of rotatable bonds is 3. The molecule has 22 heavy (non-hydrogen) atoms. The number of aromatic nitrogens is 2. The first-order valence-electron chi connectivity index (χ1n) is 7.62. The molecule has 1 aromatic carbocycles. The summed E-state index contributed by atoms with van der Waals surface area (Å²) >= 11 is 6.24. The summed E-state index contributed by atoms with van der Waals surface area (Å²) in [6.45, 7) is 2.77. The first kappa shape index (κ1) is 15.1. The molecule has 1 aliphatic heterocycles. The molecule has 1 aliphatic rings. The van der Waals surface area contributed by atoms with Crippen molar-refractivity contribution in [1.29, 1.82) is 0 Å². The summed E-state index contributed by atoms with van der Waals surface area (Å²) in [4.78, 5) is 14.6. The molecule has 0 N–H and O–H groups in total. The average Bonchev–Trinajstić information content (AvgIpc) is 2.93. The lowest BCUT2D eigenvalue weighted by atomic mass is 9.97. The third-order valence-corrected chi connectivity index (χ3v) is 4.64. The lowest BCUT2D eigenvalue weighted by Crippen LogP contribution is -2.36. The van der Waals surface area contributed by atoms with Crippen molar-refractivity contribution in [2.45, 2.75) is 32.6 Å². The highest BCUT2D eigenvalue weighted by Crippen LogP contribution is 2.35. The van der Waals surface area contributed by atoms with Gasteiger partial charge in [0.05, 0.1) is 11.9 Å². The summed E-state index contributed by atoms with van der Waals surface area (Å²) in [5.41, 5.74) is 4.35. The summed E-state index contributed by atoms with van der Waals surface area (Å²) in [5.74, 6) is 0.162. The van der Waals surface area contributed by atoms with Gasteiger partial charge in [0.1, 0.15) is 0 Å². The molecule has 0 spiro atoms. The van der Waals surface area contributed by atoms with Crippen molar-refractivity contribution >= 4 is 23.2 Å². The van der Waals surface area contributed by atoms with Gasteiger partial charge in [0, 0.05) is 31.2 Å². The zero-order valence-electron chi connectivity index (χ0n) is 13.0. The lowest BCUT2D eigenvalue weighted by molar-refractivity contribution is -0.118. The Morgan fingerprint density at radius 2 is 2.23 bits per heavy atom. The second kappa shape index (κ2) is 6.13. The number of fused-ring (bicyclic) bond motifs is 1. The van der Waals surface area contributed by atoms with Crippen LogP contribution in [0.3, 0.4) is 0 Å². The van der Waals surface area contributed by atoms with E-state index in [1.165, 1.54) is 5.56 Å². The Hall–Kier alpha value is -1.81. The standard InChI is InChI=1S/C17H20ClN3O/c1-12-15(18)7-6-14-4-3-9-21(17(12)14)16(22)8-5-13-10-19-20(2)11-13/h6-7,10-11H,3-5,8-9H2,1-2H3. The van der Waals surface area contributed by atoms with Gasteiger partial charge in [-0.1, -0.05) is 17.7 Å². The molecule has 0 atom stereocenters. The number of carbonyl (C=O) groups excluding carboxylic acids is 1. The van der Waals surface area contributed by atoms with Gasteiger partial charge < -0.3 is 4.90 Å². The average molecular weight is 318 g/mol. The molecule has 0 bridgehead atoms. The SMILES string of the molecule is Cc1c(Cl)ccc2c1N(C(=O)CCc1cnn(C)c1)CCC2. The van der Waals surface area contributed by atoms with Gasteiger partial charge in [-0.15, -0.1) is 0 Å². The van der Waals surface area contributed by atoms with Crippen LogP contribution < -0.4 is 4.90 Å². The fraction of sp³-hybridized carbons (Fsp3) is 0.412. The van der Waals surface area contributed by atoms with Gasteiger partial charge >= 0.3 is 0 Å². The molecule has 0 radical (unpaired) electrons. The van der Waals surface area contributed by atoms with Gasteiger partial charge in [0.15, 0.2) is 0 Å². The molecule has 4 nitrogen and oxygen atoms in total. The Kier molecular flexibility index (Phi) is 4.21. The predicted molar refractivity (Wildman–Crippen MR) is 88.4 cm³/mol. The maximum atomic E-state index is 12.7. The van der Waals surface area contributed by atoms with Crippen LogP contribution in [-0.4, -0.2) is 22.2 Å². The van der Waals surface area contributed by atoms with E-state index in [0.717, 1.165) is 47.6 Å². The summed E-state index contributed by atoms with van der Waals surface area (Å²) in [7, 11) is 1.89. The number of nitrogens with zero attached hydrogens (tertiary/aromatic N) is 3. The molecule has 1 aromatic heterocycles. The van der Waals surface area contributed by atoms with Gasteiger partial charge in [0.25, 0.3) is 0 Å². The van der Waals surface area contributed by atoms with E-state index in [0.29, 0.717) is 6.42 Å². The van der Waals surface area contributed by atoms with E-state index in [2.05, 4.69) is 5.10 Å². The second-order valence-electron chi connectivity index (χ2n) is 5.85. The van der Waals surface area contributed by atoms with Crippen molar-refractivity contribution < 1.29 is 4.79 Å². The fourth-order valence-electron chi connectivity index (χ4n) is 3.09. The monoisotopic (exact) mass is 317 g/mol. The number of benzene rings is 1. The van der Waals surface area contributed by atoms with Gasteiger partial charge in [-0.2, -0.15) is 5.10 Å². The summed E-state index contributed by atoms with van der Waals surface area (Å²) in [6, 6.07) is 3.98. The highest BCUT2D eigenvalue weighted by Gasteiger charge is 2.24. The molecule has 2 aromatic rings. The van der Waals surface area contributed by atoms with Gasteiger partial charge in [-0.25, -0.2) is 0 Å². The van der Waals surface area contributed by atoms with E-state index < -0.39 is 0 Å². The molecule has 116 valence electrons. The maximum Gasteiger partial charge on any atom is 0.227 e. The Bertz CT molecular complexity index is 708. The molecule has 5 heteroatoms. The Morgan fingerprint density at radius 3 is 2.95 bits per heavy atom. The van der Waals surface area contributed by atoms with E-state index in [-0.39, 0.29) is 5.91 Å². The van der Waals surface area contributed by atoms with Crippen molar-refractivity contribution in [2.75, 3.05) is 11.4 Å². The zero-order chi connectivity index (χ0) is 15.7. The minimum Gasteiger partial charge on any atom is -0.312 e. The minimum atomic E-state index is 0.162. The molecular formula is C17H20ClN3O. The topological polar surface area (TPSA) is 38.1 Å². The van der Waals surface area contributed by atoms with Crippen LogP contribution in [0.25, 0.3) is 0 Å². The van der Waals surface area contributed by atoms with Crippen LogP contribution in [-0.2, 0) is 24.7 Å². The fourth-order valence-corrected chi connectivity index (χ4v) is 3.24. The smallest absolute Gasteiger partial charge is 0.227 e. The number of carbonyl (C=O) groups is 1. The van der Waals surface area contributed by atoms with Crippen molar-refractivity contribution in [3.05, 3.63) is 46.2 Å². The zero-order valence-corrected chi connectivity index (χ0v) is 13.7. The van der Waals surface area contributed by atoms with E-state index >= 15 is 0 Å². The Morgan fingerprint density at radius 1 is 1.41 bits per heavy atom. The predicted octanol–water partition coefficient (Wildman–Crippen LogP) is 3.29. The number of halogens is 1. The molecule has 0 aliphatic carbocycles. The molecule has 0 fully saturated rings. The lowest BCUT2D eigenvalue weighted by Gasteiger charge is -2.31. The van der Waals surface area contributed by atoms with Gasteiger partial charge in [0.2, 0.25) is 5.91 Å². The highest BCUT2D eigenvalue weighted by atomic mass is 35.5. The molecular weight excluding hydrogens is 298 g/mol. The van der Waals surface area contributed by atoms with Crippen LogP contribution in [0.15, 0.2) is 24.5 Å². The third-order valence-electron chi connectivity index (χ3n) is 4.23. The molecule has 2 heterocycles. The molecule has 3 rings (SSSR count). The summed E-state index contributed by atoms with van der Waals surface area (Å²) in [5, 5.41) is 4.87. The maximum absolute atomic E-state index is 12.7. The first-order chi connectivity index (χ1) is 10.6. The normalized spacial score (nSPS) is 14.0. The van der Waals surface area contributed by atoms with Crippen LogP contribution in [0.4, 0.5) is 5.69 Å². The quantitative estimate of drug-likeness (QED) is 0.871. The molecule has 1 amide bonds. The van der Waals surface area contributed by atoms with Crippen LogP contribution in [0.2, 0.25) is 5.02 Å². The number of hydrogen-bond acceptors (Lipinski definition) is 2. The van der Waals surface area contributed by atoms with E-state index in [4.69, 9.17) is 11.6 Å². The minimum absolute atomic E-state index is 0.162. The van der Waals surface area contributed by atoms with Crippen LogP contribution in [0.5, 0.6) is 0 Å². The number of aryl methyl sites for hydroxylation is 3. The van der Waals surface area contributed by atoms with E-state index in [1.54, 1.807) is 4.68 Å². The van der Waals surface area contributed by atoms with E-state index in [1.807, 2.05) is 43.4 Å². The molecule has 0 saturated heterocycles. The first-order valence-corrected chi connectivity index (χ1v) is 8.00. The third kappa shape index (κ3) is 2.88. The van der Waals surface area contributed by atoms with Gasteiger partial charge in [-0.05, 0) is 48.9 Å².